The lowest BCUT2D eigenvalue weighted by Gasteiger charge is -2.15. The second-order valence-corrected chi connectivity index (χ2v) is 23.0. The van der Waals surface area contributed by atoms with Crippen LogP contribution >= 0.6 is 0 Å². The standard InChI is InChI=1S/C69H118N2/c1-6-11-16-19-22-23-24-25-26-27-28-29-30-31-32-33-34-35-36-37-38-39-40-43-48-53-65-60-68(66-56-61(49-44-14-9-4)54-62(57-66)51-46-41-20-17-12-7-2)71(70)69(65)67-58-63(50-45-15-10-5)55-64(59-67)52-47-42-21-18-13-8-3/h54-60H,6-53H2,1-5H3. The van der Waals surface area contributed by atoms with Crippen molar-refractivity contribution in [3.63, 3.8) is 0 Å². The molecule has 2 aromatic carbocycles. The molecule has 0 unspecified atom stereocenters. The summed E-state index contributed by atoms with van der Waals surface area (Å²) < 4.78 is 1.63. The molecule has 2 nitrogen and oxygen atoms in total. The third-order valence-corrected chi connectivity index (χ3v) is 16.1. The number of hydrogen-bond donors (Lipinski definition) is 0. The zero-order chi connectivity index (χ0) is 50.7. The van der Waals surface area contributed by atoms with Crippen LogP contribution in [-0.2, 0) is 25.7 Å². The molecular weight excluding hydrogens is 857 g/mol. The maximum absolute atomic E-state index is 12.5. The van der Waals surface area contributed by atoms with E-state index in [1.807, 2.05) is 0 Å². The van der Waals surface area contributed by atoms with E-state index < -0.39 is 0 Å². The van der Waals surface area contributed by atoms with Gasteiger partial charge in [0.05, 0.1) is 0 Å². The number of allylic oxidation sites excluding steroid dienone is 2. The molecule has 0 fully saturated rings. The first-order valence-corrected chi connectivity index (χ1v) is 32.2. The highest BCUT2D eigenvalue weighted by molar-refractivity contribution is 5.79. The third-order valence-electron chi connectivity index (χ3n) is 16.1. The molecular formula is C69H118N2. The molecule has 1 heterocycles. The van der Waals surface area contributed by atoms with Gasteiger partial charge in [0.25, 0.3) is 0 Å². The number of aryl methyl sites for hydroxylation is 4. The van der Waals surface area contributed by atoms with Crippen LogP contribution in [0, 0.1) is 0 Å². The second-order valence-electron chi connectivity index (χ2n) is 23.0. The first kappa shape index (κ1) is 62.8. The van der Waals surface area contributed by atoms with Gasteiger partial charge in [-0.05, 0) is 111 Å². The Balaban J connectivity index is 1.56. The molecule has 0 amide bonds. The monoisotopic (exact) mass is 975 g/mol. The fraction of sp³-hybridized carbons (Fsp3) is 0.768. The molecule has 0 aromatic heterocycles. The summed E-state index contributed by atoms with van der Waals surface area (Å²) in [6.07, 6.45) is 66.9. The Morgan fingerprint density at radius 2 is 0.493 bits per heavy atom. The van der Waals surface area contributed by atoms with E-state index >= 15 is 0 Å². The van der Waals surface area contributed by atoms with Crippen molar-refractivity contribution >= 4 is 11.4 Å². The summed E-state index contributed by atoms with van der Waals surface area (Å²) >= 11 is 0. The minimum Gasteiger partial charge on any atom is -0.493 e. The highest BCUT2D eigenvalue weighted by Crippen LogP contribution is 2.39. The van der Waals surface area contributed by atoms with E-state index in [9.17, 15) is 5.53 Å². The van der Waals surface area contributed by atoms with E-state index in [1.165, 1.54) is 315 Å². The summed E-state index contributed by atoms with van der Waals surface area (Å²) in [6, 6.07) is 14.7. The average Bonchev–Trinajstić information content (AvgIpc) is 3.71. The lowest BCUT2D eigenvalue weighted by molar-refractivity contribution is -0.344. The van der Waals surface area contributed by atoms with Crippen molar-refractivity contribution in [2.24, 2.45) is 0 Å². The summed E-state index contributed by atoms with van der Waals surface area (Å²) in [5.41, 5.74) is 24.1. The van der Waals surface area contributed by atoms with Gasteiger partial charge in [-0.3, -0.25) is 0 Å². The Hall–Kier alpha value is -2.48. The van der Waals surface area contributed by atoms with Crippen molar-refractivity contribution in [3.05, 3.63) is 87.0 Å². The largest absolute Gasteiger partial charge is 0.493 e. The van der Waals surface area contributed by atoms with Gasteiger partial charge < -0.3 is 5.53 Å². The number of hydrogen-bond acceptors (Lipinski definition) is 0. The van der Waals surface area contributed by atoms with E-state index in [4.69, 9.17) is 0 Å². The van der Waals surface area contributed by atoms with Gasteiger partial charge in [-0.1, -0.05) is 291 Å². The van der Waals surface area contributed by atoms with Gasteiger partial charge in [-0.25, -0.2) is 4.70 Å². The molecule has 3 rings (SSSR count). The van der Waals surface area contributed by atoms with Crippen LogP contribution in [-0.4, -0.2) is 4.70 Å². The van der Waals surface area contributed by atoms with Gasteiger partial charge in [0, 0.05) is 22.8 Å². The summed E-state index contributed by atoms with van der Waals surface area (Å²) in [4.78, 5) is 0. The molecule has 0 bridgehead atoms. The molecule has 0 aliphatic carbocycles. The van der Waals surface area contributed by atoms with E-state index in [2.05, 4.69) is 77.1 Å². The van der Waals surface area contributed by atoms with Crippen molar-refractivity contribution in [2.45, 2.75) is 343 Å². The van der Waals surface area contributed by atoms with Gasteiger partial charge in [-0.15, -0.1) is 0 Å². The van der Waals surface area contributed by atoms with E-state index in [0.717, 1.165) is 43.5 Å². The third kappa shape index (κ3) is 29.9. The molecule has 1 aliphatic rings. The van der Waals surface area contributed by atoms with Crippen LogP contribution in [0.25, 0.3) is 16.9 Å². The Kier molecular flexibility index (Phi) is 38.8. The van der Waals surface area contributed by atoms with Crippen molar-refractivity contribution in [2.75, 3.05) is 0 Å². The molecule has 71 heavy (non-hydrogen) atoms. The minimum atomic E-state index is 0.991. The van der Waals surface area contributed by atoms with Crippen molar-refractivity contribution < 1.29 is 4.70 Å². The van der Waals surface area contributed by atoms with Crippen LogP contribution in [0.1, 0.15) is 351 Å². The van der Waals surface area contributed by atoms with Gasteiger partial charge in [-0.2, -0.15) is 0 Å². The summed E-state index contributed by atoms with van der Waals surface area (Å²) in [5, 5.41) is 0. The normalized spacial score (nSPS) is 12.8. The van der Waals surface area contributed by atoms with E-state index in [1.54, 1.807) is 4.70 Å². The Labute approximate surface area is 443 Å². The zero-order valence-electron chi connectivity index (χ0n) is 48.4. The quantitative estimate of drug-likeness (QED) is 0.0466. The van der Waals surface area contributed by atoms with Gasteiger partial charge >= 0.3 is 0 Å². The van der Waals surface area contributed by atoms with Crippen LogP contribution in [0.4, 0.5) is 0 Å². The van der Waals surface area contributed by atoms with Crippen molar-refractivity contribution in [1.82, 2.24) is 0 Å². The fourth-order valence-corrected chi connectivity index (χ4v) is 11.5. The van der Waals surface area contributed by atoms with E-state index in [-0.39, 0.29) is 0 Å². The van der Waals surface area contributed by atoms with Gasteiger partial charge in [0.1, 0.15) is 0 Å². The molecule has 404 valence electrons. The van der Waals surface area contributed by atoms with Crippen molar-refractivity contribution in [1.29, 1.82) is 0 Å². The molecule has 0 saturated heterocycles. The molecule has 1 aliphatic heterocycles. The fourth-order valence-electron chi connectivity index (χ4n) is 11.5. The molecule has 2 heteroatoms. The molecule has 0 atom stereocenters. The number of rotatable bonds is 50. The van der Waals surface area contributed by atoms with Crippen LogP contribution in [0.2, 0.25) is 0 Å². The first-order valence-electron chi connectivity index (χ1n) is 32.2. The lowest BCUT2D eigenvalue weighted by atomic mass is 9.94. The molecule has 0 saturated carbocycles. The predicted octanol–water partition coefficient (Wildman–Crippen LogP) is 23.9. The zero-order valence-corrected chi connectivity index (χ0v) is 48.4. The summed E-state index contributed by atoms with van der Waals surface area (Å²) in [5.74, 6) is 0. The molecule has 0 N–H and O–H groups in total. The maximum atomic E-state index is 12.5. The Morgan fingerprint density at radius 1 is 0.268 bits per heavy atom. The Bertz CT molecular complexity index is 1660. The number of benzene rings is 2. The van der Waals surface area contributed by atoms with Crippen LogP contribution in [0.15, 0.2) is 48.0 Å². The summed E-state index contributed by atoms with van der Waals surface area (Å²) in [6.45, 7) is 11.6. The molecule has 0 radical (unpaired) electrons. The SMILES string of the molecule is CCCCCCCCCCCCCCCCCCCCCCCCCCCC1=C(c2cc(CCCCC)cc(CCCCCCCC)c2)[N+](=[N-])C(c2cc(CCCCC)cc(CCCCCCCC)c2)=C1. The minimum absolute atomic E-state index is 0.991. The molecule has 2 aromatic rings. The Morgan fingerprint density at radius 3 is 0.789 bits per heavy atom. The van der Waals surface area contributed by atoms with Crippen molar-refractivity contribution in [3.8, 4) is 0 Å². The topological polar surface area (TPSA) is 25.3 Å². The summed E-state index contributed by atoms with van der Waals surface area (Å²) in [7, 11) is 0. The highest BCUT2D eigenvalue weighted by atomic mass is 15.2. The smallest absolute Gasteiger partial charge is 0.210 e. The highest BCUT2D eigenvalue weighted by Gasteiger charge is 2.30. The number of nitrogens with zero attached hydrogens (tertiary/aromatic N) is 2. The second kappa shape index (κ2) is 43.9. The first-order chi connectivity index (χ1) is 35.0. The maximum Gasteiger partial charge on any atom is 0.210 e. The van der Waals surface area contributed by atoms with Crippen LogP contribution in [0.3, 0.4) is 0 Å². The molecule has 0 spiro atoms. The van der Waals surface area contributed by atoms with Gasteiger partial charge in [0.2, 0.25) is 11.4 Å². The predicted molar refractivity (Wildman–Crippen MR) is 318 cm³/mol. The van der Waals surface area contributed by atoms with E-state index in [0.29, 0.717) is 0 Å². The number of unbranched alkanes of at least 4 members (excludes halogenated alkanes) is 38. The van der Waals surface area contributed by atoms with Gasteiger partial charge in [0.15, 0.2) is 0 Å². The van der Waals surface area contributed by atoms with Crippen LogP contribution < -0.4 is 0 Å². The van der Waals surface area contributed by atoms with Crippen LogP contribution in [0.5, 0.6) is 0 Å². The lowest BCUT2D eigenvalue weighted by Crippen LogP contribution is -2.05. The average molecular weight is 976 g/mol.